The van der Waals surface area contributed by atoms with Crippen molar-refractivity contribution in [1.82, 2.24) is 4.98 Å². The lowest BCUT2D eigenvalue weighted by molar-refractivity contribution is 0.0605. The molecule has 8 heteroatoms. The van der Waals surface area contributed by atoms with E-state index in [9.17, 15) is 9.59 Å². The van der Waals surface area contributed by atoms with Crippen LogP contribution in [0.3, 0.4) is 0 Å². The van der Waals surface area contributed by atoms with Crippen molar-refractivity contribution in [1.29, 1.82) is 0 Å². The zero-order valence-electron chi connectivity index (χ0n) is 14.1. The SMILES string of the molecule is COC(=O)c1sc(NC(=O)c2occc2CSc2ccccc2)nc1C. The van der Waals surface area contributed by atoms with Crippen molar-refractivity contribution < 1.29 is 18.7 Å². The van der Waals surface area contributed by atoms with E-state index in [0.29, 0.717) is 21.5 Å². The number of benzene rings is 1. The van der Waals surface area contributed by atoms with Gasteiger partial charge in [0, 0.05) is 16.2 Å². The van der Waals surface area contributed by atoms with Crippen molar-refractivity contribution >= 4 is 40.1 Å². The minimum absolute atomic E-state index is 0.237. The number of rotatable bonds is 6. The van der Waals surface area contributed by atoms with Crippen LogP contribution in [0.25, 0.3) is 0 Å². The van der Waals surface area contributed by atoms with E-state index in [1.165, 1.54) is 13.4 Å². The molecule has 2 aromatic heterocycles. The number of ether oxygens (including phenoxy) is 1. The summed E-state index contributed by atoms with van der Waals surface area (Å²) in [5.74, 6) is -0.0312. The summed E-state index contributed by atoms with van der Waals surface area (Å²) in [6.45, 7) is 1.69. The van der Waals surface area contributed by atoms with Crippen LogP contribution in [0.2, 0.25) is 0 Å². The van der Waals surface area contributed by atoms with Crippen LogP contribution in [0.15, 0.2) is 52.0 Å². The van der Waals surface area contributed by atoms with Crippen LogP contribution < -0.4 is 5.32 Å². The van der Waals surface area contributed by atoms with E-state index in [4.69, 9.17) is 9.15 Å². The van der Waals surface area contributed by atoms with E-state index in [1.54, 1.807) is 24.8 Å². The Morgan fingerprint density at radius 2 is 2.04 bits per heavy atom. The summed E-state index contributed by atoms with van der Waals surface area (Å²) in [5, 5.41) is 3.01. The molecule has 0 saturated heterocycles. The quantitative estimate of drug-likeness (QED) is 0.499. The molecule has 26 heavy (non-hydrogen) atoms. The molecule has 0 bridgehead atoms. The first-order chi connectivity index (χ1) is 12.6. The standard InChI is InChI=1S/C18H16N2O4S2/c1-11-15(17(22)23-2)26-18(19-11)20-16(21)14-12(8-9-24-14)10-25-13-6-4-3-5-7-13/h3-9H,10H2,1-2H3,(H,19,20,21). The number of anilines is 1. The summed E-state index contributed by atoms with van der Waals surface area (Å²) >= 11 is 2.68. The van der Waals surface area contributed by atoms with Gasteiger partial charge in [0.05, 0.1) is 19.1 Å². The molecule has 0 aliphatic carbocycles. The van der Waals surface area contributed by atoms with E-state index in [0.717, 1.165) is 21.8 Å². The average molecular weight is 388 g/mol. The molecular weight excluding hydrogens is 372 g/mol. The van der Waals surface area contributed by atoms with E-state index < -0.39 is 11.9 Å². The van der Waals surface area contributed by atoms with E-state index >= 15 is 0 Å². The van der Waals surface area contributed by atoms with Crippen molar-refractivity contribution in [2.45, 2.75) is 17.6 Å². The molecular formula is C18H16N2O4S2. The number of nitrogens with one attached hydrogen (secondary N) is 1. The monoisotopic (exact) mass is 388 g/mol. The van der Waals surface area contributed by atoms with Gasteiger partial charge in [0.15, 0.2) is 10.9 Å². The summed E-state index contributed by atoms with van der Waals surface area (Å²) < 4.78 is 10.1. The summed E-state index contributed by atoms with van der Waals surface area (Å²) in [6, 6.07) is 11.7. The molecule has 0 fully saturated rings. The van der Waals surface area contributed by atoms with Gasteiger partial charge in [-0.1, -0.05) is 29.5 Å². The largest absolute Gasteiger partial charge is 0.465 e. The summed E-state index contributed by atoms with van der Waals surface area (Å²) in [5.41, 5.74) is 1.30. The molecule has 0 saturated carbocycles. The second kappa shape index (κ2) is 8.20. The normalized spacial score (nSPS) is 10.5. The fraction of sp³-hybridized carbons (Fsp3) is 0.167. The third kappa shape index (κ3) is 4.14. The van der Waals surface area contributed by atoms with Crippen LogP contribution >= 0.6 is 23.1 Å². The van der Waals surface area contributed by atoms with E-state index in [2.05, 4.69) is 10.3 Å². The highest BCUT2D eigenvalue weighted by Gasteiger charge is 2.20. The smallest absolute Gasteiger partial charge is 0.350 e. The summed E-state index contributed by atoms with van der Waals surface area (Å²) in [7, 11) is 1.30. The number of thioether (sulfide) groups is 1. The molecule has 134 valence electrons. The first-order valence-electron chi connectivity index (χ1n) is 7.69. The maximum Gasteiger partial charge on any atom is 0.350 e. The fourth-order valence-electron chi connectivity index (χ4n) is 2.21. The van der Waals surface area contributed by atoms with Gasteiger partial charge in [-0.05, 0) is 25.1 Å². The van der Waals surface area contributed by atoms with Crippen molar-refractivity contribution in [3.05, 3.63) is 64.6 Å². The lowest BCUT2D eigenvalue weighted by Gasteiger charge is -2.03. The predicted octanol–water partition coefficient (Wildman–Crippen LogP) is 4.38. The molecule has 1 amide bonds. The van der Waals surface area contributed by atoms with Gasteiger partial charge in [-0.25, -0.2) is 9.78 Å². The first kappa shape index (κ1) is 18.2. The third-order valence-electron chi connectivity index (χ3n) is 3.48. The second-order valence-electron chi connectivity index (χ2n) is 5.26. The van der Waals surface area contributed by atoms with Gasteiger partial charge in [0.2, 0.25) is 0 Å². The molecule has 0 aliphatic rings. The minimum Gasteiger partial charge on any atom is -0.465 e. The fourth-order valence-corrected chi connectivity index (χ4v) is 3.99. The Morgan fingerprint density at radius 3 is 2.77 bits per heavy atom. The molecule has 6 nitrogen and oxygen atoms in total. The highest BCUT2D eigenvalue weighted by molar-refractivity contribution is 7.98. The molecule has 0 unspecified atom stereocenters. The predicted molar refractivity (Wildman–Crippen MR) is 101 cm³/mol. The number of carbonyl (C=O) groups is 2. The number of hydrogen-bond donors (Lipinski definition) is 1. The molecule has 0 spiro atoms. The number of methoxy groups -OCH3 is 1. The van der Waals surface area contributed by atoms with Crippen molar-refractivity contribution in [3.63, 3.8) is 0 Å². The van der Waals surface area contributed by atoms with E-state index in [-0.39, 0.29) is 5.76 Å². The Labute approximate surface area is 158 Å². The Bertz CT molecular complexity index is 918. The van der Waals surface area contributed by atoms with Crippen LogP contribution in [0.5, 0.6) is 0 Å². The summed E-state index contributed by atoms with van der Waals surface area (Å²) in [6.07, 6.45) is 1.49. The van der Waals surface area contributed by atoms with Gasteiger partial charge in [-0.15, -0.1) is 11.8 Å². The Hall–Kier alpha value is -2.58. The zero-order valence-corrected chi connectivity index (χ0v) is 15.8. The van der Waals surface area contributed by atoms with Crippen molar-refractivity contribution in [3.8, 4) is 0 Å². The van der Waals surface area contributed by atoms with Gasteiger partial charge in [-0.2, -0.15) is 0 Å². The van der Waals surface area contributed by atoms with Crippen LogP contribution in [0, 0.1) is 6.92 Å². The lowest BCUT2D eigenvalue weighted by atomic mass is 10.3. The molecule has 1 N–H and O–H groups in total. The number of furan rings is 1. The number of thiazole rings is 1. The molecule has 1 aromatic carbocycles. The van der Waals surface area contributed by atoms with Crippen LogP contribution in [-0.2, 0) is 10.5 Å². The van der Waals surface area contributed by atoms with Gasteiger partial charge in [0.1, 0.15) is 4.88 Å². The van der Waals surface area contributed by atoms with Gasteiger partial charge in [0.25, 0.3) is 5.91 Å². The molecule has 3 aromatic rings. The van der Waals surface area contributed by atoms with Crippen LogP contribution in [0.1, 0.15) is 31.5 Å². The molecule has 0 aliphatic heterocycles. The number of amides is 1. The second-order valence-corrected chi connectivity index (χ2v) is 7.30. The maximum absolute atomic E-state index is 12.5. The average Bonchev–Trinajstić information content (AvgIpc) is 3.26. The number of hydrogen-bond acceptors (Lipinski definition) is 7. The number of carbonyl (C=O) groups excluding carboxylic acids is 2. The van der Waals surface area contributed by atoms with Crippen LogP contribution in [0.4, 0.5) is 5.13 Å². The first-order valence-corrected chi connectivity index (χ1v) is 9.50. The Balaban J connectivity index is 1.69. The maximum atomic E-state index is 12.5. The van der Waals surface area contributed by atoms with E-state index in [1.807, 2.05) is 30.3 Å². The van der Waals surface area contributed by atoms with Crippen molar-refractivity contribution in [2.24, 2.45) is 0 Å². The molecule has 0 radical (unpaired) electrons. The Morgan fingerprint density at radius 1 is 1.27 bits per heavy atom. The summed E-state index contributed by atoms with van der Waals surface area (Å²) in [4.78, 5) is 29.8. The topological polar surface area (TPSA) is 81.4 Å². The minimum atomic E-state index is -0.474. The molecule has 0 atom stereocenters. The number of esters is 1. The molecule has 2 heterocycles. The highest BCUT2D eigenvalue weighted by atomic mass is 32.2. The van der Waals surface area contributed by atoms with Gasteiger partial charge >= 0.3 is 5.97 Å². The van der Waals surface area contributed by atoms with Crippen LogP contribution in [-0.4, -0.2) is 24.0 Å². The number of aryl methyl sites for hydroxylation is 1. The number of nitrogens with zero attached hydrogens (tertiary/aromatic N) is 1. The highest BCUT2D eigenvalue weighted by Crippen LogP contribution is 2.27. The van der Waals surface area contributed by atoms with Crippen molar-refractivity contribution in [2.75, 3.05) is 12.4 Å². The Kier molecular flexibility index (Phi) is 5.75. The van der Waals surface area contributed by atoms with Gasteiger partial charge in [-0.3, -0.25) is 10.1 Å². The molecule has 3 rings (SSSR count). The zero-order chi connectivity index (χ0) is 18.5. The lowest BCUT2D eigenvalue weighted by Crippen LogP contribution is -2.12. The number of aromatic nitrogens is 1. The third-order valence-corrected chi connectivity index (χ3v) is 5.59. The van der Waals surface area contributed by atoms with Gasteiger partial charge < -0.3 is 9.15 Å².